The fourth-order valence-corrected chi connectivity index (χ4v) is 5.47. The Morgan fingerprint density at radius 3 is 2.46 bits per heavy atom. The number of benzene rings is 2. The molecule has 0 saturated carbocycles. The van der Waals surface area contributed by atoms with E-state index in [1.807, 2.05) is 36.0 Å². The minimum absolute atomic E-state index is 0.0107. The number of nitrogen functional groups attached to an aromatic ring is 1. The summed E-state index contributed by atoms with van der Waals surface area (Å²) in [5.41, 5.74) is 10.5. The SMILES string of the molecule is CCn1cc(C(=O)Nc2ccc(-c3cc(-c4cnn(C[C@@H](C)[C@H]5COCCO5)c4)cnc3N)cc2)c(=O)c(-c2ccc(F)cc2)c1. The van der Waals surface area contributed by atoms with E-state index >= 15 is 0 Å². The van der Waals surface area contributed by atoms with Gasteiger partial charge in [-0.05, 0) is 48.4 Å². The number of halogens is 1. The molecule has 2 atom stereocenters. The van der Waals surface area contributed by atoms with Gasteiger partial charge in [-0.1, -0.05) is 31.2 Å². The first kappa shape index (κ1) is 30.9. The average Bonchev–Trinajstić information content (AvgIpc) is 3.54. The van der Waals surface area contributed by atoms with Crippen LogP contribution in [0.3, 0.4) is 0 Å². The summed E-state index contributed by atoms with van der Waals surface area (Å²) in [5, 5.41) is 7.37. The zero-order chi connectivity index (χ0) is 32.2. The number of aromatic nitrogens is 4. The van der Waals surface area contributed by atoms with E-state index in [9.17, 15) is 14.0 Å². The Hall–Kier alpha value is -5.13. The molecule has 10 nitrogen and oxygen atoms in total. The molecule has 5 aromatic rings. The summed E-state index contributed by atoms with van der Waals surface area (Å²) < 4.78 is 28.5. The van der Waals surface area contributed by atoms with Crippen LogP contribution in [0, 0.1) is 11.7 Å². The Balaban J connectivity index is 1.18. The first-order valence-electron chi connectivity index (χ1n) is 15.2. The van der Waals surface area contributed by atoms with Crippen LogP contribution in [0.2, 0.25) is 0 Å². The first-order chi connectivity index (χ1) is 22.3. The summed E-state index contributed by atoms with van der Waals surface area (Å²) in [6.45, 7) is 7.11. The number of anilines is 2. The molecule has 0 unspecified atom stereocenters. The molecule has 236 valence electrons. The van der Waals surface area contributed by atoms with Gasteiger partial charge >= 0.3 is 0 Å². The van der Waals surface area contributed by atoms with Crippen molar-refractivity contribution in [3.63, 3.8) is 0 Å². The van der Waals surface area contributed by atoms with E-state index in [-0.39, 0.29) is 17.6 Å². The van der Waals surface area contributed by atoms with Gasteiger partial charge in [-0.2, -0.15) is 5.10 Å². The Morgan fingerprint density at radius 1 is 1.00 bits per heavy atom. The van der Waals surface area contributed by atoms with Gasteiger partial charge in [0.1, 0.15) is 17.2 Å². The van der Waals surface area contributed by atoms with Crippen molar-refractivity contribution in [3.8, 4) is 33.4 Å². The summed E-state index contributed by atoms with van der Waals surface area (Å²) in [4.78, 5) is 31.0. The number of aryl methyl sites for hydroxylation is 1. The zero-order valence-corrected chi connectivity index (χ0v) is 25.7. The number of nitrogens with two attached hydrogens (primary N) is 1. The standard InChI is InChI=1S/C35H35FN6O4/c1-3-41-19-30(24-4-8-27(36)9-5-24)33(43)31(20-41)35(44)40-28-10-6-23(7-11-28)29-14-25(15-38-34(29)37)26-16-39-42(18-26)17-22(2)32-21-45-12-13-46-32/h4-11,14-16,18-20,22,32H,3,12-13,17,21H2,1-2H3,(H2,37,38)(H,40,44)/t22-,32-/m1/s1. The van der Waals surface area contributed by atoms with E-state index in [0.29, 0.717) is 55.5 Å². The summed E-state index contributed by atoms with van der Waals surface area (Å²) in [6.07, 6.45) is 8.74. The van der Waals surface area contributed by atoms with E-state index in [1.54, 1.807) is 35.3 Å². The Labute approximate surface area is 265 Å². The molecule has 1 aliphatic rings. The quantitative estimate of drug-likeness (QED) is 0.223. The van der Waals surface area contributed by atoms with E-state index in [1.165, 1.54) is 30.5 Å². The van der Waals surface area contributed by atoms with Crippen LogP contribution in [0.4, 0.5) is 15.9 Å². The van der Waals surface area contributed by atoms with Gasteiger partial charge in [-0.15, -0.1) is 0 Å². The average molecular weight is 623 g/mol. The fraction of sp³-hybridized carbons (Fsp3) is 0.257. The zero-order valence-electron chi connectivity index (χ0n) is 25.7. The van der Waals surface area contributed by atoms with Gasteiger partial charge in [0.2, 0.25) is 5.43 Å². The van der Waals surface area contributed by atoms with Crippen LogP contribution in [0.15, 0.2) is 90.4 Å². The monoisotopic (exact) mass is 622 g/mol. The van der Waals surface area contributed by atoms with Crippen LogP contribution >= 0.6 is 0 Å². The number of pyridine rings is 2. The molecule has 1 fully saturated rings. The first-order valence-corrected chi connectivity index (χ1v) is 15.2. The fourth-order valence-electron chi connectivity index (χ4n) is 5.47. The Kier molecular flexibility index (Phi) is 9.04. The van der Waals surface area contributed by atoms with Crippen molar-refractivity contribution in [1.82, 2.24) is 19.3 Å². The van der Waals surface area contributed by atoms with E-state index in [2.05, 4.69) is 22.3 Å². The van der Waals surface area contributed by atoms with E-state index < -0.39 is 17.2 Å². The molecular formula is C35H35FN6O4. The van der Waals surface area contributed by atoms with Crippen LogP contribution < -0.4 is 16.5 Å². The van der Waals surface area contributed by atoms with Gasteiger partial charge in [0.05, 0.1) is 32.1 Å². The molecule has 1 amide bonds. The van der Waals surface area contributed by atoms with Gasteiger partial charge in [0, 0.05) is 71.7 Å². The minimum atomic E-state index is -0.541. The molecule has 1 saturated heterocycles. The molecule has 2 aromatic carbocycles. The molecule has 1 aliphatic heterocycles. The van der Waals surface area contributed by atoms with Crippen molar-refractivity contribution in [2.75, 3.05) is 30.9 Å². The van der Waals surface area contributed by atoms with Crippen molar-refractivity contribution in [3.05, 3.63) is 107 Å². The predicted octanol–water partition coefficient (Wildman–Crippen LogP) is 5.49. The summed E-state index contributed by atoms with van der Waals surface area (Å²) in [7, 11) is 0. The predicted molar refractivity (Wildman–Crippen MR) is 175 cm³/mol. The summed E-state index contributed by atoms with van der Waals surface area (Å²) in [5.74, 6) is -0.340. The molecule has 11 heteroatoms. The lowest BCUT2D eigenvalue weighted by Gasteiger charge is -2.28. The molecule has 6 rings (SSSR count). The second kappa shape index (κ2) is 13.5. The highest BCUT2D eigenvalue weighted by Gasteiger charge is 2.22. The van der Waals surface area contributed by atoms with Gasteiger partial charge in [-0.3, -0.25) is 14.3 Å². The maximum Gasteiger partial charge on any atom is 0.261 e. The molecule has 0 aliphatic carbocycles. The maximum atomic E-state index is 13.5. The number of nitrogens with one attached hydrogen (secondary N) is 1. The molecular weight excluding hydrogens is 587 g/mol. The van der Waals surface area contributed by atoms with Crippen molar-refractivity contribution in [1.29, 1.82) is 0 Å². The highest BCUT2D eigenvalue weighted by Crippen LogP contribution is 2.30. The number of rotatable bonds is 9. The molecule has 46 heavy (non-hydrogen) atoms. The Bertz CT molecular complexity index is 1900. The van der Waals surface area contributed by atoms with Crippen molar-refractivity contribution >= 4 is 17.4 Å². The van der Waals surface area contributed by atoms with Crippen LogP contribution in [-0.4, -0.2) is 51.2 Å². The smallest absolute Gasteiger partial charge is 0.261 e. The topological polar surface area (TPSA) is 126 Å². The third-order valence-corrected chi connectivity index (χ3v) is 8.13. The number of carbonyl (C=O) groups excluding carboxylic acids is 1. The van der Waals surface area contributed by atoms with Crippen LogP contribution in [0.1, 0.15) is 24.2 Å². The third kappa shape index (κ3) is 6.75. The number of ether oxygens (including phenoxy) is 2. The molecule has 4 heterocycles. The molecule has 0 radical (unpaired) electrons. The van der Waals surface area contributed by atoms with E-state index in [4.69, 9.17) is 15.2 Å². The van der Waals surface area contributed by atoms with Crippen molar-refractivity contribution < 1.29 is 18.7 Å². The van der Waals surface area contributed by atoms with Gasteiger partial charge in [0.15, 0.2) is 0 Å². The lowest BCUT2D eigenvalue weighted by Crippen LogP contribution is -2.35. The highest BCUT2D eigenvalue weighted by atomic mass is 19.1. The normalized spacial score (nSPS) is 15.4. The minimum Gasteiger partial charge on any atom is -0.383 e. The highest BCUT2D eigenvalue weighted by molar-refractivity contribution is 6.04. The third-order valence-electron chi connectivity index (χ3n) is 8.13. The lowest BCUT2D eigenvalue weighted by atomic mass is 10.0. The molecule has 3 aromatic heterocycles. The van der Waals surface area contributed by atoms with Crippen LogP contribution in [-0.2, 0) is 22.6 Å². The number of hydrogen-bond acceptors (Lipinski definition) is 7. The number of carbonyl (C=O) groups is 1. The van der Waals surface area contributed by atoms with Gasteiger partial charge in [0.25, 0.3) is 5.91 Å². The Morgan fingerprint density at radius 2 is 1.74 bits per heavy atom. The van der Waals surface area contributed by atoms with Crippen molar-refractivity contribution in [2.45, 2.75) is 33.0 Å². The van der Waals surface area contributed by atoms with Crippen LogP contribution in [0.5, 0.6) is 0 Å². The number of amides is 1. The summed E-state index contributed by atoms with van der Waals surface area (Å²) in [6, 6.07) is 14.8. The van der Waals surface area contributed by atoms with Crippen molar-refractivity contribution in [2.24, 2.45) is 5.92 Å². The van der Waals surface area contributed by atoms with Gasteiger partial charge < -0.3 is 25.1 Å². The second-order valence-corrected chi connectivity index (χ2v) is 11.4. The van der Waals surface area contributed by atoms with E-state index in [0.717, 1.165) is 22.3 Å². The number of hydrogen-bond donors (Lipinski definition) is 2. The second-order valence-electron chi connectivity index (χ2n) is 11.4. The molecule has 0 bridgehead atoms. The molecule has 3 N–H and O–H groups in total. The maximum absolute atomic E-state index is 13.5. The summed E-state index contributed by atoms with van der Waals surface area (Å²) >= 11 is 0. The molecule has 0 spiro atoms. The van der Waals surface area contributed by atoms with Gasteiger partial charge in [-0.25, -0.2) is 9.37 Å². The largest absolute Gasteiger partial charge is 0.383 e. The van der Waals surface area contributed by atoms with Crippen LogP contribution in [0.25, 0.3) is 33.4 Å². The number of nitrogens with zero attached hydrogens (tertiary/aromatic N) is 4. The lowest BCUT2D eigenvalue weighted by molar-refractivity contribution is -0.110.